The summed E-state index contributed by atoms with van der Waals surface area (Å²) in [5, 5.41) is 7.03. The minimum absolute atomic E-state index is 0.308. The molecule has 0 atom stereocenters. The molecule has 0 aliphatic carbocycles. The molecule has 0 aliphatic heterocycles. The third-order valence-electron chi connectivity index (χ3n) is 2.09. The maximum atomic E-state index is 7.03. The van der Waals surface area contributed by atoms with Crippen LogP contribution >= 0.6 is 0 Å². The molecule has 0 bridgehead atoms. The number of rotatable bonds is 6. The molecule has 0 amide bonds. The summed E-state index contributed by atoms with van der Waals surface area (Å²) in [6.07, 6.45) is 2.91. The van der Waals surface area contributed by atoms with Crippen LogP contribution in [0.3, 0.4) is 0 Å². The Labute approximate surface area is 75.4 Å². The molecule has 0 aliphatic rings. The van der Waals surface area contributed by atoms with E-state index in [1.807, 2.05) is 0 Å². The number of nitrogens with zero attached hydrogens (tertiary/aromatic N) is 1. The van der Waals surface area contributed by atoms with Crippen LogP contribution < -0.4 is 5.73 Å². The number of nitrogens with one attached hydrogen (secondary N) is 1. The van der Waals surface area contributed by atoms with Crippen LogP contribution in [0.1, 0.15) is 33.1 Å². The predicted octanol–water partition coefficient (Wildman–Crippen LogP) is 1.43. The van der Waals surface area contributed by atoms with E-state index in [4.69, 9.17) is 11.1 Å². The maximum absolute atomic E-state index is 7.03. The molecule has 12 heavy (non-hydrogen) atoms. The molecule has 0 spiro atoms. The van der Waals surface area contributed by atoms with Gasteiger partial charge in [0.2, 0.25) is 0 Å². The van der Waals surface area contributed by atoms with Crippen molar-refractivity contribution in [3.05, 3.63) is 0 Å². The van der Waals surface area contributed by atoms with E-state index in [9.17, 15) is 0 Å². The SMILES string of the molecule is CC(C)N(C)CCCCC(=N)N. The number of nitrogens with two attached hydrogens (primary N) is 1. The third-order valence-corrected chi connectivity index (χ3v) is 2.09. The molecule has 0 heterocycles. The van der Waals surface area contributed by atoms with Gasteiger partial charge in [-0.05, 0) is 40.3 Å². The molecule has 3 N–H and O–H groups in total. The maximum Gasteiger partial charge on any atom is 0.0905 e. The van der Waals surface area contributed by atoms with E-state index in [-0.39, 0.29) is 0 Å². The van der Waals surface area contributed by atoms with Crippen LogP contribution in [0.5, 0.6) is 0 Å². The van der Waals surface area contributed by atoms with E-state index < -0.39 is 0 Å². The van der Waals surface area contributed by atoms with E-state index in [2.05, 4.69) is 25.8 Å². The monoisotopic (exact) mass is 171 g/mol. The van der Waals surface area contributed by atoms with Crippen molar-refractivity contribution in [2.24, 2.45) is 5.73 Å². The Bertz CT molecular complexity index is 132. The molecule has 0 saturated carbocycles. The zero-order chi connectivity index (χ0) is 9.56. The highest BCUT2D eigenvalue weighted by Crippen LogP contribution is 1.99. The van der Waals surface area contributed by atoms with Crippen LogP contribution in [-0.4, -0.2) is 30.4 Å². The number of unbranched alkanes of at least 4 members (excludes halogenated alkanes) is 1. The van der Waals surface area contributed by atoms with Crippen LogP contribution in [-0.2, 0) is 0 Å². The van der Waals surface area contributed by atoms with Crippen LogP contribution in [0.15, 0.2) is 0 Å². The molecule has 0 aromatic heterocycles. The summed E-state index contributed by atoms with van der Waals surface area (Å²) in [4.78, 5) is 2.31. The second kappa shape index (κ2) is 6.00. The van der Waals surface area contributed by atoms with E-state index in [1.54, 1.807) is 0 Å². The van der Waals surface area contributed by atoms with Gasteiger partial charge in [-0.3, -0.25) is 5.41 Å². The van der Waals surface area contributed by atoms with Crippen LogP contribution in [0.2, 0.25) is 0 Å². The fourth-order valence-electron chi connectivity index (χ4n) is 0.935. The number of hydrogen-bond acceptors (Lipinski definition) is 2. The fraction of sp³-hybridized carbons (Fsp3) is 0.889. The van der Waals surface area contributed by atoms with Gasteiger partial charge in [0.1, 0.15) is 0 Å². The molecule has 72 valence electrons. The Morgan fingerprint density at radius 2 is 2.00 bits per heavy atom. The van der Waals surface area contributed by atoms with Gasteiger partial charge in [-0.15, -0.1) is 0 Å². The molecule has 0 aromatic rings. The van der Waals surface area contributed by atoms with Crippen LogP contribution in [0.4, 0.5) is 0 Å². The van der Waals surface area contributed by atoms with Crippen molar-refractivity contribution in [1.82, 2.24) is 4.90 Å². The Morgan fingerprint density at radius 3 is 2.42 bits per heavy atom. The largest absolute Gasteiger partial charge is 0.388 e. The van der Waals surface area contributed by atoms with Gasteiger partial charge in [-0.1, -0.05) is 0 Å². The summed E-state index contributed by atoms with van der Waals surface area (Å²) >= 11 is 0. The Balaban J connectivity index is 3.25. The summed E-state index contributed by atoms with van der Waals surface area (Å²) < 4.78 is 0. The van der Waals surface area contributed by atoms with Gasteiger partial charge in [0, 0.05) is 12.5 Å². The highest BCUT2D eigenvalue weighted by molar-refractivity contribution is 5.76. The first-order valence-electron chi connectivity index (χ1n) is 4.57. The van der Waals surface area contributed by atoms with Gasteiger partial charge in [0.25, 0.3) is 0 Å². The Morgan fingerprint density at radius 1 is 1.42 bits per heavy atom. The van der Waals surface area contributed by atoms with Crippen molar-refractivity contribution in [3.8, 4) is 0 Å². The molecular formula is C9H21N3. The van der Waals surface area contributed by atoms with Gasteiger partial charge < -0.3 is 10.6 Å². The van der Waals surface area contributed by atoms with Crippen molar-refractivity contribution < 1.29 is 0 Å². The minimum atomic E-state index is 0.308. The summed E-state index contributed by atoms with van der Waals surface area (Å²) in [7, 11) is 2.12. The third kappa shape index (κ3) is 6.16. The average molecular weight is 171 g/mol. The van der Waals surface area contributed by atoms with Gasteiger partial charge in [0.05, 0.1) is 5.84 Å². The lowest BCUT2D eigenvalue weighted by Crippen LogP contribution is -2.27. The molecule has 0 radical (unpaired) electrons. The lowest BCUT2D eigenvalue weighted by molar-refractivity contribution is 0.269. The van der Waals surface area contributed by atoms with Gasteiger partial charge in [-0.25, -0.2) is 0 Å². The highest BCUT2D eigenvalue weighted by Gasteiger charge is 2.01. The smallest absolute Gasteiger partial charge is 0.0905 e. The first kappa shape index (κ1) is 11.4. The zero-order valence-corrected chi connectivity index (χ0v) is 8.43. The first-order chi connectivity index (χ1) is 5.54. The van der Waals surface area contributed by atoms with Crippen molar-refractivity contribution in [3.63, 3.8) is 0 Å². The fourth-order valence-corrected chi connectivity index (χ4v) is 0.935. The molecule has 3 nitrogen and oxygen atoms in total. The van der Waals surface area contributed by atoms with Crippen LogP contribution in [0, 0.1) is 5.41 Å². The predicted molar refractivity (Wildman–Crippen MR) is 53.5 cm³/mol. The van der Waals surface area contributed by atoms with E-state index in [0.717, 1.165) is 25.8 Å². The highest BCUT2D eigenvalue weighted by atomic mass is 15.1. The summed E-state index contributed by atoms with van der Waals surface area (Å²) in [6, 6.07) is 0.613. The topological polar surface area (TPSA) is 53.1 Å². The van der Waals surface area contributed by atoms with Gasteiger partial charge >= 0.3 is 0 Å². The quantitative estimate of drug-likeness (QED) is 0.361. The summed E-state index contributed by atoms with van der Waals surface area (Å²) in [5.74, 6) is 0.308. The number of hydrogen-bond donors (Lipinski definition) is 2. The molecular weight excluding hydrogens is 150 g/mol. The van der Waals surface area contributed by atoms with Crippen molar-refractivity contribution in [2.45, 2.75) is 39.2 Å². The molecule has 0 fully saturated rings. The minimum Gasteiger partial charge on any atom is -0.388 e. The lowest BCUT2D eigenvalue weighted by atomic mass is 10.2. The molecule has 0 unspecified atom stereocenters. The van der Waals surface area contributed by atoms with Crippen molar-refractivity contribution in [1.29, 1.82) is 5.41 Å². The first-order valence-corrected chi connectivity index (χ1v) is 4.57. The molecule has 0 saturated heterocycles. The Kier molecular flexibility index (Phi) is 5.72. The summed E-state index contributed by atoms with van der Waals surface area (Å²) in [6.45, 7) is 5.47. The number of amidine groups is 1. The second-order valence-corrected chi connectivity index (χ2v) is 3.56. The molecule has 0 rings (SSSR count). The van der Waals surface area contributed by atoms with Crippen molar-refractivity contribution >= 4 is 5.84 Å². The van der Waals surface area contributed by atoms with E-state index >= 15 is 0 Å². The standard InChI is InChI=1S/C9H21N3/c1-8(2)12(3)7-5-4-6-9(10)11/h8H,4-7H2,1-3H3,(H3,10,11). The second-order valence-electron chi connectivity index (χ2n) is 3.56. The molecule has 3 heteroatoms. The summed E-state index contributed by atoms with van der Waals surface area (Å²) in [5.41, 5.74) is 5.24. The average Bonchev–Trinajstić information content (AvgIpc) is 1.97. The zero-order valence-electron chi connectivity index (χ0n) is 8.43. The van der Waals surface area contributed by atoms with Crippen molar-refractivity contribution in [2.75, 3.05) is 13.6 Å². The molecule has 0 aromatic carbocycles. The van der Waals surface area contributed by atoms with Crippen LogP contribution in [0.25, 0.3) is 0 Å². The van der Waals surface area contributed by atoms with Gasteiger partial charge in [-0.2, -0.15) is 0 Å². The van der Waals surface area contributed by atoms with Gasteiger partial charge in [0.15, 0.2) is 0 Å². The van der Waals surface area contributed by atoms with E-state index in [0.29, 0.717) is 11.9 Å². The Hall–Kier alpha value is -0.570. The normalized spacial score (nSPS) is 11.1. The van der Waals surface area contributed by atoms with E-state index in [1.165, 1.54) is 0 Å². The lowest BCUT2D eigenvalue weighted by Gasteiger charge is -2.20.